The predicted molar refractivity (Wildman–Crippen MR) is 141 cm³/mol. The lowest BCUT2D eigenvalue weighted by Gasteiger charge is -2.19. The number of nitrogens with zero attached hydrogens (tertiary/aromatic N) is 3. The van der Waals surface area contributed by atoms with Gasteiger partial charge in [-0.3, -0.25) is 14.6 Å². The maximum absolute atomic E-state index is 13.8. The number of carbonyl (C=O) groups excluding carboxylic acids is 1. The molecule has 0 bridgehead atoms. The molecule has 1 amide bonds. The highest BCUT2D eigenvalue weighted by molar-refractivity contribution is 6.34. The van der Waals surface area contributed by atoms with Crippen LogP contribution in [0.25, 0.3) is 38.5 Å². The van der Waals surface area contributed by atoms with Crippen molar-refractivity contribution < 1.29 is 9.18 Å². The molecule has 5 aromatic rings. The summed E-state index contributed by atoms with van der Waals surface area (Å²) in [5, 5.41) is 2.14. The Kier molecular flexibility index (Phi) is 5.61. The first-order valence-electron chi connectivity index (χ1n) is 11.8. The normalized spacial score (nSPS) is 15.5. The standard InChI is InChI=1S/C28H20ClFN4O3/c29-22-7-3-6-21(26(35)33-11-10-18(30)15-33)25(22)16-8-9-20-23(12-16)32-28(37)34(27(20)36)24-14-31-13-17-4-1-2-5-19(17)24/h1-9,12-14,18H,10-11,15H2,(H,32,37)/t18-/m0/s1. The summed E-state index contributed by atoms with van der Waals surface area (Å²) in [5.41, 5.74) is 0.919. The van der Waals surface area contributed by atoms with Crippen molar-refractivity contribution in [3.63, 3.8) is 0 Å². The van der Waals surface area contributed by atoms with Crippen molar-refractivity contribution in [3.05, 3.63) is 104 Å². The molecule has 0 saturated carbocycles. The van der Waals surface area contributed by atoms with Crippen molar-refractivity contribution in [2.75, 3.05) is 13.1 Å². The van der Waals surface area contributed by atoms with Gasteiger partial charge in [0.25, 0.3) is 11.5 Å². The third-order valence-electron chi connectivity index (χ3n) is 6.74. The third-order valence-corrected chi connectivity index (χ3v) is 7.05. The van der Waals surface area contributed by atoms with Gasteiger partial charge < -0.3 is 9.88 Å². The largest absolute Gasteiger partial charge is 0.336 e. The van der Waals surface area contributed by atoms with E-state index in [0.717, 1.165) is 15.3 Å². The first kappa shape index (κ1) is 23.1. The monoisotopic (exact) mass is 514 g/mol. The first-order chi connectivity index (χ1) is 17.9. The van der Waals surface area contributed by atoms with Gasteiger partial charge in [-0.1, -0.05) is 48.0 Å². The Morgan fingerprint density at radius 2 is 1.86 bits per heavy atom. The van der Waals surface area contributed by atoms with E-state index in [1.165, 1.54) is 11.1 Å². The van der Waals surface area contributed by atoms with Crippen LogP contribution in [0.3, 0.4) is 0 Å². The SMILES string of the molecule is O=C(c1cccc(Cl)c1-c1ccc2c(=O)n(-c3cncc4ccccc34)c(=O)[nH]c2c1)N1CC[C@H](F)C1. The molecule has 6 rings (SSSR count). The molecule has 1 N–H and O–H groups in total. The summed E-state index contributed by atoms with van der Waals surface area (Å²) < 4.78 is 14.8. The van der Waals surface area contributed by atoms with Crippen LogP contribution in [0.5, 0.6) is 0 Å². The van der Waals surface area contributed by atoms with Crippen molar-refractivity contribution in [2.24, 2.45) is 0 Å². The highest BCUT2D eigenvalue weighted by atomic mass is 35.5. The number of benzene rings is 3. The number of hydrogen-bond donors (Lipinski definition) is 1. The van der Waals surface area contributed by atoms with E-state index in [-0.39, 0.29) is 17.8 Å². The molecule has 9 heteroatoms. The maximum atomic E-state index is 13.8. The average molecular weight is 515 g/mol. The zero-order valence-corrected chi connectivity index (χ0v) is 20.2. The lowest BCUT2D eigenvalue weighted by Crippen LogP contribution is -2.33. The number of aromatic nitrogens is 3. The number of alkyl halides is 1. The maximum Gasteiger partial charge on any atom is 0.333 e. The number of nitrogens with one attached hydrogen (secondary N) is 1. The molecule has 184 valence electrons. The van der Waals surface area contributed by atoms with Crippen molar-refractivity contribution in [1.29, 1.82) is 0 Å². The molecule has 1 aliphatic heterocycles. The molecule has 37 heavy (non-hydrogen) atoms. The molecular formula is C28H20ClFN4O3. The molecule has 1 atom stereocenters. The minimum atomic E-state index is -1.04. The number of halogens is 2. The van der Waals surface area contributed by atoms with Gasteiger partial charge in [0.1, 0.15) is 6.17 Å². The van der Waals surface area contributed by atoms with E-state index in [2.05, 4.69) is 9.97 Å². The van der Waals surface area contributed by atoms with Crippen molar-refractivity contribution in [1.82, 2.24) is 19.4 Å². The fraction of sp³-hybridized carbons (Fsp3) is 0.143. The fourth-order valence-corrected chi connectivity index (χ4v) is 5.22. The molecule has 3 heterocycles. The van der Waals surface area contributed by atoms with E-state index in [1.807, 2.05) is 24.3 Å². The second-order valence-electron chi connectivity index (χ2n) is 9.01. The summed E-state index contributed by atoms with van der Waals surface area (Å²) in [4.78, 5) is 48.3. The van der Waals surface area contributed by atoms with Gasteiger partial charge in [-0.25, -0.2) is 13.8 Å². The van der Waals surface area contributed by atoms with E-state index in [9.17, 15) is 18.8 Å². The van der Waals surface area contributed by atoms with Crippen LogP contribution < -0.4 is 11.2 Å². The molecule has 3 aromatic carbocycles. The number of hydrogen-bond acceptors (Lipinski definition) is 4. The van der Waals surface area contributed by atoms with Crippen LogP contribution in [0, 0.1) is 0 Å². The topological polar surface area (TPSA) is 88.1 Å². The molecule has 1 saturated heterocycles. The van der Waals surface area contributed by atoms with Crippen LogP contribution in [-0.4, -0.2) is 44.6 Å². The van der Waals surface area contributed by atoms with Gasteiger partial charge in [0, 0.05) is 39.7 Å². The summed E-state index contributed by atoms with van der Waals surface area (Å²) in [6, 6.07) is 17.3. The molecule has 0 aliphatic carbocycles. The fourth-order valence-electron chi connectivity index (χ4n) is 4.94. The van der Waals surface area contributed by atoms with Crippen LogP contribution >= 0.6 is 11.6 Å². The second-order valence-corrected chi connectivity index (χ2v) is 9.42. The summed E-state index contributed by atoms with van der Waals surface area (Å²) in [6.45, 7) is 0.373. The second kappa shape index (κ2) is 8.97. The smallest absolute Gasteiger partial charge is 0.333 e. The molecule has 0 spiro atoms. The predicted octanol–water partition coefficient (Wildman–Crippen LogP) is 4.73. The molecule has 7 nitrogen and oxygen atoms in total. The Bertz CT molecular complexity index is 1830. The zero-order valence-electron chi connectivity index (χ0n) is 19.4. The quantitative estimate of drug-likeness (QED) is 0.377. The van der Waals surface area contributed by atoms with Crippen LogP contribution in [0.2, 0.25) is 5.02 Å². The van der Waals surface area contributed by atoms with E-state index >= 15 is 0 Å². The highest BCUT2D eigenvalue weighted by Gasteiger charge is 2.29. The number of rotatable bonds is 3. The lowest BCUT2D eigenvalue weighted by molar-refractivity contribution is 0.0783. The van der Waals surface area contributed by atoms with E-state index in [0.29, 0.717) is 45.9 Å². The van der Waals surface area contributed by atoms with Gasteiger partial charge in [0.05, 0.1) is 29.3 Å². The molecule has 0 unspecified atom stereocenters. The zero-order chi connectivity index (χ0) is 25.7. The van der Waals surface area contributed by atoms with Crippen molar-refractivity contribution in [3.8, 4) is 16.8 Å². The van der Waals surface area contributed by atoms with Gasteiger partial charge in [-0.2, -0.15) is 0 Å². The Morgan fingerprint density at radius 3 is 2.68 bits per heavy atom. The summed E-state index contributed by atoms with van der Waals surface area (Å²) >= 11 is 6.53. The number of H-pyrrole nitrogens is 1. The van der Waals surface area contributed by atoms with Gasteiger partial charge >= 0.3 is 5.69 Å². The molecular weight excluding hydrogens is 495 g/mol. The summed E-state index contributed by atoms with van der Waals surface area (Å²) in [7, 11) is 0. The number of carbonyl (C=O) groups is 1. The molecule has 1 aliphatic rings. The summed E-state index contributed by atoms with van der Waals surface area (Å²) in [5.74, 6) is -0.315. The van der Waals surface area contributed by atoms with Gasteiger partial charge in [0.15, 0.2) is 0 Å². The average Bonchev–Trinajstić information content (AvgIpc) is 3.34. The minimum absolute atomic E-state index is 0.0401. The Morgan fingerprint density at radius 1 is 1.03 bits per heavy atom. The number of fused-ring (bicyclic) bond motifs is 2. The van der Waals surface area contributed by atoms with Crippen molar-refractivity contribution in [2.45, 2.75) is 12.6 Å². The van der Waals surface area contributed by atoms with Crippen molar-refractivity contribution >= 4 is 39.2 Å². The molecule has 0 radical (unpaired) electrons. The van der Waals surface area contributed by atoms with Gasteiger partial charge in [-0.05, 0) is 36.2 Å². The highest BCUT2D eigenvalue weighted by Crippen LogP contribution is 2.34. The van der Waals surface area contributed by atoms with E-state index in [4.69, 9.17) is 11.6 Å². The Balaban J connectivity index is 1.50. The molecule has 2 aromatic heterocycles. The Labute approximate surface area is 214 Å². The third kappa shape index (κ3) is 3.90. The van der Waals surface area contributed by atoms with Gasteiger partial charge in [0.2, 0.25) is 0 Å². The van der Waals surface area contributed by atoms with E-state index < -0.39 is 17.4 Å². The molecule has 1 fully saturated rings. The number of amides is 1. The summed E-state index contributed by atoms with van der Waals surface area (Å²) in [6.07, 6.45) is 2.42. The Hall–Kier alpha value is -4.30. The van der Waals surface area contributed by atoms with Crippen LogP contribution in [0.4, 0.5) is 4.39 Å². The first-order valence-corrected chi connectivity index (χ1v) is 12.1. The van der Waals surface area contributed by atoms with Crippen LogP contribution in [0.15, 0.2) is 82.6 Å². The van der Waals surface area contributed by atoms with Crippen LogP contribution in [-0.2, 0) is 0 Å². The number of aromatic amines is 1. The lowest BCUT2D eigenvalue weighted by atomic mass is 9.97. The minimum Gasteiger partial charge on any atom is -0.336 e. The number of pyridine rings is 1. The van der Waals surface area contributed by atoms with Gasteiger partial charge in [-0.15, -0.1) is 0 Å². The van der Waals surface area contributed by atoms with Crippen LogP contribution in [0.1, 0.15) is 16.8 Å². The number of likely N-dealkylation sites (tertiary alicyclic amines) is 1. The van der Waals surface area contributed by atoms with E-state index in [1.54, 1.807) is 42.6 Å².